The molecule has 0 unspecified atom stereocenters. The molecule has 0 atom stereocenters. The number of hydrogen-bond donors (Lipinski definition) is 2. The molecular formula is C22H18N2O3S. The predicted molar refractivity (Wildman–Crippen MR) is 114 cm³/mol. The second-order valence-electron chi connectivity index (χ2n) is 6.35. The smallest absolute Gasteiger partial charge is 0.234 e. The lowest BCUT2D eigenvalue weighted by molar-refractivity contribution is -0.114. The summed E-state index contributed by atoms with van der Waals surface area (Å²) in [5.74, 6) is 0.106. The molecule has 0 saturated heterocycles. The molecule has 5 nitrogen and oxygen atoms in total. The molecule has 0 fully saturated rings. The number of furan rings is 1. The highest BCUT2D eigenvalue weighted by molar-refractivity contribution is 8.00. The van der Waals surface area contributed by atoms with Crippen molar-refractivity contribution in [2.75, 3.05) is 16.4 Å². The Hall–Kier alpha value is -3.25. The summed E-state index contributed by atoms with van der Waals surface area (Å²) in [7, 11) is 0. The van der Waals surface area contributed by atoms with Crippen LogP contribution >= 0.6 is 11.8 Å². The van der Waals surface area contributed by atoms with Crippen LogP contribution in [0.3, 0.4) is 0 Å². The van der Waals surface area contributed by atoms with Crippen LogP contribution in [0, 0.1) is 0 Å². The molecule has 0 aliphatic rings. The molecule has 1 heterocycles. The molecular weight excluding hydrogens is 372 g/mol. The van der Waals surface area contributed by atoms with Gasteiger partial charge in [0.05, 0.1) is 5.75 Å². The second-order valence-corrected chi connectivity index (χ2v) is 7.40. The van der Waals surface area contributed by atoms with Gasteiger partial charge in [-0.05, 0) is 48.5 Å². The second kappa shape index (κ2) is 7.78. The molecule has 140 valence electrons. The molecule has 28 heavy (non-hydrogen) atoms. The summed E-state index contributed by atoms with van der Waals surface area (Å²) in [6, 6.07) is 20.9. The van der Waals surface area contributed by atoms with E-state index in [1.807, 2.05) is 66.7 Å². The van der Waals surface area contributed by atoms with E-state index in [1.54, 1.807) is 0 Å². The minimum Gasteiger partial charge on any atom is -0.456 e. The molecule has 0 saturated carbocycles. The summed E-state index contributed by atoms with van der Waals surface area (Å²) >= 11 is 1.44. The molecule has 6 heteroatoms. The SMILES string of the molecule is CC(=O)Nc1ccc(SCC(=O)Nc2ccc3oc4ccccc4c3c2)cc1. The maximum absolute atomic E-state index is 12.3. The van der Waals surface area contributed by atoms with Gasteiger partial charge in [-0.15, -0.1) is 11.8 Å². The third-order valence-electron chi connectivity index (χ3n) is 4.21. The summed E-state index contributed by atoms with van der Waals surface area (Å²) in [5, 5.41) is 7.67. The highest BCUT2D eigenvalue weighted by atomic mass is 32.2. The van der Waals surface area contributed by atoms with Crippen molar-refractivity contribution in [3.63, 3.8) is 0 Å². The van der Waals surface area contributed by atoms with E-state index in [-0.39, 0.29) is 11.8 Å². The van der Waals surface area contributed by atoms with E-state index in [1.165, 1.54) is 18.7 Å². The third-order valence-corrected chi connectivity index (χ3v) is 5.22. The van der Waals surface area contributed by atoms with E-state index < -0.39 is 0 Å². The van der Waals surface area contributed by atoms with E-state index in [0.717, 1.165) is 38.2 Å². The van der Waals surface area contributed by atoms with E-state index in [2.05, 4.69) is 10.6 Å². The van der Waals surface area contributed by atoms with Gasteiger partial charge in [0, 0.05) is 34.0 Å². The molecule has 2 amide bonds. The lowest BCUT2D eigenvalue weighted by Gasteiger charge is -2.06. The molecule has 0 aliphatic heterocycles. The molecule has 0 spiro atoms. The van der Waals surface area contributed by atoms with Crippen molar-refractivity contribution in [1.29, 1.82) is 0 Å². The number of fused-ring (bicyclic) bond motifs is 3. The highest BCUT2D eigenvalue weighted by Crippen LogP contribution is 2.30. The zero-order chi connectivity index (χ0) is 19.5. The van der Waals surface area contributed by atoms with Gasteiger partial charge in [0.15, 0.2) is 0 Å². The maximum Gasteiger partial charge on any atom is 0.234 e. The summed E-state index contributed by atoms with van der Waals surface area (Å²) in [4.78, 5) is 24.3. The number of amides is 2. The summed E-state index contributed by atoms with van der Waals surface area (Å²) < 4.78 is 5.81. The molecule has 2 N–H and O–H groups in total. The van der Waals surface area contributed by atoms with Crippen LogP contribution in [-0.2, 0) is 9.59 Å². The third kappa shape index (κ3) is 4.02. The van der Waals surface area contributed by atoms with Gasteiger partial charge < -0.3 is 15.1 Å². The van der Waals surface area contributed by atoms with Crippen LogP contribution in [0.1, 0.15) is 6.92 Å². The quantitative estimate of drug-likeness (QED) is 0.455. The van der Waals surface area contributed by atoms with Gasteiger partial charge in [0.2, 0.25) is 11.8 Å². The fourth-order valence-corrected chi connectivity index (χ4v) is 3.69. The van der Waals surface area contributed by atoms with E-state index in [0.29, 0.717) is 5.75 Å². The number of thioether (sulfide) groups is 1. The van der Waals surface area contributed by atoms with Crippen molar-refractivity contribution in [3.8, 4) is 0 Å². The van der Waals surface area contributed by atoms with Crippen molar-refractivity contribution >= 4 is 56.9 Å². The van der Waals surface area contributed by atoms with Gasteiger partial charge in [-0.25, -0.2) is 0 Å². The Labute approximate surface area is 166 Å². The minimum absolute atomic E-state index is 0.0805. The number of carbonyl (C=O) groups excluding carboxylic acids is 2. The number of para-hydroxylation sites is 1. The maximum atomic E-state index is 12.3. The van der Waals surface area contributed by atoms with Crippen molar-refractivity contribution in [2.24, 2.45) is 0 Å². The monoisotopic (exact) mass is 390 g/mol. The summed E-state index contributed by atoms with van der Waals surface area (Å²) in [5.41, 5.74) is 3.11. The first kappa shape index (κ1) is 18.1. The number of anilines is 2. The topological polar surface area (TPSA) is 71.3 Å². The highest BCUT2D eigenvalue weighted by Gasteiger charge is 2.09. The van der Waals surface area contributed by atoms with Gasteiger partial charge in [0.25, 0.3) is 0 Å². The largest absolute Gasteiger partial charge is 0.456 e. The number of carbonyl (C=O) groups is 2. The number of rotatable bonds is 5. The van der Waals surface area contributed by atoms with Gasteiger partial charge in [0.1, 0.15) is 11.2 Å². The molecule has 3 aromatic carbocycles. The van der Waals surface area contributed by atoms with Crippen LogP contribution in [-0.4, -0.2) is 17.6 Å². The molecule has 0 bridgehead atoms. The van der Waals surface area contributed by atoms with Crippen LogP contribution in [0.2, 0.25) is 0 Å². The normalized spacial score (nSPS) is 10.9. The summed E-state index contributed by atoms with van der Waals surface area (Å²) in [6.07, 6.45) is 0. The zero-order valence-electron chi connectivity index (χ0n) is 15.2. The first-order chi connectivity index (χ1) is 13.6. The predicted octanol–water partition coefficient (Wildman–Crippen LogP) is 5.28. The van der Waals surface area contributed by atoms with E-state index >= 15 is 0 Å². The van der Waals surface area contributed by atoms with Crippen molar-refractivity contribution < 1.29 is 14.0 Å². The van der Waals surface area contributed by atoms with Gasteiger partial charge in [-0.1, -0.05) is 18.2 Å². The molecule has 0 radical (unpaired) electrons. The van der Waals surface area contributed by atoms with Gasteiger partial charge in [-0.3, -0.25) is 9.59 Å². The lowest BCUT2D eigenvalue weighted by atomic mass is 10.1. The van der Waals surface area contributed by atoms with Crippen LogP contribution in [0.4, 0.5) is 11.4 Å². The van der Waals surface area contributed by atoms with Gasteiger partial charge >= 0.3 is 0 Å². The number of benzene rings is 3. The van der Waals surface area contributed by atoms with Crippen LogP contribution in [0.25, 0.3) is 21.9 Å². The average Bonchev–Trinajstić information content (AvgIpc) is 3.05. The van der Waals surface area contributed by atoms with Crippen molar-refractivity contribution in [2.45, 2.75) is 11.8 Å². The first-order valence-corrected chi connectivity index (χ1v) is 9.79. The Morgan fingerprint density at radius 1 is 0.857 bits per heavy atom. The van der Waals surface area contributed by atoms with E-state index in [4.69, 9.17) is 4.42 Å². The fourth-order valence-electron chi connectivity index (χ4n) is 2.99. The zero-order valence-corrected chi connectivity index (χ0v) is 16.0. The fraction of sp³-hybridized carbons (Fsp3) is 0.0909. The van der Waals surface area contributed by atoms with Crippen LogP contribution in [0.15, 0.2) is 76.0 Å². The Kier molecular flexibility index (Phi) is 5.04. The molecule has 4 rings (SSSR count). The number of nitrogens with one attached hydrogen (secondary N) is 2. The standard InChI is InChI=1S/C22H18N2O3S/c1-14(25)23-15-6-9-17(10-7-15)28-13-22(26)24-16-8-11-21-19(12-16)18-4-2-3-5-20(18)27-21/h2-12H,13H2,1H3,(H,23,25)(H,24,26). The van der Waals surface area contributed by atoms with Gasteiger partial charge in [-0.2, -0.15) is 0 Å². The van der Waals surface area contributed by atoms with Crippen LogP contribution < -0.4 is 10.6 Å². The molecule has 4 aromatic rings. The minimum atomic E-state index is -0.109. The molecule has 0 aliphatic carbocycles. The molecule has 1 aromatic heterocycles. The van der Waals surface area contributed by atoms with Crippen LogP contribution in [0.5, 0.6) is 0 Å². The Balaban J connectivity index is 1.40. The Morgan fingerprint density at radius 3 is 2.36 bits per heavy atom. The summed E-state index contributed by atoms with van der Waals surface area (Å²) in [6.45, 7) is 1.47. The first-order valence-electron chi connectivity index (χ1n) is 8.80. The van der Waals surface area contributed by atoms with Crippen molar-refractivity contribution in [1.82, 2.24) is 0 Å². The number of hydrogen-bond acceptors (Lipinski definition) is 4. The van der Waals surface area contributed by atoms with Crippen molar-refractivity contribution in [3.05, 3.63) is 66.7 Å². The Bertz CT molecular complexity index is 1170. The average molecular weight is 390 g/mol. The Morgan fingerprint density at radius 2 is 1.57 bits per heavy atom. The lowest BCUT2D eigenvalue weighted by Crippen LogP contribution is -2.13. The van der Waals surface area contributed by atoms with E-state index in [9.17, 15) is 9.59 Å².